The van der Waals surface area contributed by atoms with E-state index >= 15 is 0 Å². The molecule has 0 amide bonds. The Kier molecular flexibility index (Phi) is 8.22. The molecule has 0 unspecified atom stereocenters. The summed E-state index contributed by atoms with van der Waals surface area (Å²) in [4.78, 5) is 15.3. The first kappa shape index (κ1) is 37.1. The topological polar surface area (TPSA) is 38.7 Å². The minimum absolute atomic E-state index is 0.00667. The smallest absolute Gasteiger partial charge is 0.164 e. The zero-order chi connectivity index (χ0) is 41.7. The molecule has 0 atom stereocenters. The Balaban J connectivity index is 1.17. The second-order valence-electron chi connectivity index (χ2n) is 18.8. The first-order valence-corrected chi connectivity index (χ1v) is 21.4. The van der Waals surface area contributed by atoms with Crippen molar-refractivity contribution < 1.29 is 0 Å². The molecule has 9 aromatic rings. The average Bonchev–Trinajstić information content (AvgIpc) is 3.75. The highest BCUT2D eigenvalue weighted by Crippen LogP contribution is 2.65. The molecular weight excluding hydrogens is 739 g/mol. The monoisotopic (exact) mass is 785 g/mol. The lowest BCUT2D eigenvalue weighted by molar-refractivity contribution is 0.586. The van der Waals surface area contributed by atoms with Crippen molar-refractivity contribution in [3.8, 4) is 67.5 Å². The maximum absolute atomic E-state index is 5.16. The van der Waals surface area contributed by atoms with E-state index in [0.717, 1.165) is 27.5 Å². The van der Waals surface area contributed by atoms with E-state index in [-0.39, 0.29) is 10.8 Å². The first-order chi connectivity index (χ1) is 29.5. The fraction of sp³-hybridized carbons (Fsp3) is 0.155. The van der Waals surface area contributed by atoms with E-state index < -0.39 is 5.41 Å². The van der Waals surface area contributed by atoms with E-state index in [0.29, 0.717) is 17.5 Å². The van der Waals surface area contributed by atoms with Crippen molar-refractivity contribution in [3.63, 3.8) is 0 Å². The van der Waals surface area contributed by atoms with Crippen LogP contribution < -0.4 is 0 Å². The summed E-state index contributed by atoms with van der Waals surface area (Å²) in [7, 11) is 0. The van der Waals surface area contributed by atoms with Crippen molar-refractivity contribution in [1.29, 1.82) is 0 Å². The van der Waals surface area contributed by atoms with Crippen LogP contribution in [0, 0.1) is 0 Å². The molecule has 1 aromatic heterocycles. The molecule has 0 N–H and O–H groups in total. The summed E-state index contributed by atoms with van der Waals surface area (Å²) < 4.78 is 0. The lowest BCUT2D eigenvalue weighted by Gasteiger charge is -2.33. The Morgan fingerprint density at radius 1 is 0.328 bits per heavy atom. The predicted molar refractivity (Wildman–Crippen MR) is 253 cm³/mol. The maximum atomic E-state index is 5.16. The largest absolute Gasteiger partial charge is 0.208 e. The third kappa shape index (κ3) is 5.67. The van der Waals surface area contributed by atoms with Crippen LogP contribution >= 0.6 is 0 Å². The molecule has 8 aromatic carbocycles. The van der Waals surface area contributed by atoms with Gasteiger partial charge < -0.3 is 0 Å². The van der Waals surface area contributed by atoms with Crippen LogP contribution in [-0.4, -0.2) is 15.0 Å². The highest BCUT2D eigenvalue weighted by atomic mass is 15.0. The van der Waals surface area contributed by atoms with Gasteiger partial charge in [0.2, 0.25) is 0 Å². The van der Waals surface area contributed by atoms with E-state index in [1.807, 2.05) is 36.4 Å². The number of hydrogen-bond acceptors (Lipinski definition) is 3. The minimum atomic E-state index is -0.475. The summed E-state index contributed by atoms with van der Waals surface area (Å²) in [5.41, 5.74) is 18.2. The highest BCUT2D eigenvalue weighted by Gasteiger charge is 2.52. The number of fused-ring (bicyclic) bond motifs is 11. The molecule has 1 spiro atoms. The minimum Gasteiger partial charge on any atom is -0.208 e. The SMILES string of the molecule is CC(C)(C)c1ccc2c(c1)C1(c3cc(C(C)(C)C)ccc3-2)c2ccccc2-c2c(-c3cccc4c(-c5nc(-c6ccccc6)nc(-c6ccccc6)n5)cccc34)cccc21. The first-order valence-electron chi connectivity index (χ1n) is 21.4. The van der Waals surface area contributed by atoms with Crippen LogP contribution in [0.5, 0.6) is 0 Å². The molecule has 61 heavy (non-hydrogen) atoms. The van der Waals surface area contributed by atoms with Gasteiger partial charge >= 0.3 is 0 Å². The fourth-order valence-corrected chi connectivity index (χ4v) is 10.1. The van der Waals surface area contributed by atoms with E-state index in [1.54, 1.807) is 0 Å². The van der Waals surface area contributed by atoms with Gasteiger partial charge in [0, 0.05) is 16.7 Å². The number of nitrogens with zero attached hydrogens (tertiary/aromatic N) is 3. The van der Waals surface area contributed by atoms with Gasteiger partial charge in [-0.3, -0.25) is 0 Å². The van der Waals surface area contributed by atoms with Gasteiger partial charge in [-0.2, -0.15) is 0 Å². The molecule has 294 valence electrons. The van der Waals surface area contributed by atoms with Crippen LogP contribution in [-0.2, 0) is 16.2 Å². The molecule has 2 aliphatic rings. The molecule has 2 aliphatic carbocycles. The zero-order valence-corrected chi connectivity index (χ0v) is 35.6. The van der Waals surface area contributed by atoms with Gasteiger partial charge in [-0.05, 0) is 88.4 Å². The number of benzene rings is 8. The molecule has 11 rings (SSSR count). The van der Waals surface area contributed by atoms with Crippen LogP contribution in [0.15, 0.2) is 176 Å². The molecule has 0 saturated carbocycles. The third-order valence-corrected chi connectivity index (χ3v) is 13.1. The van der Waals surface area contributed by atoms with Crippen molar-refractivity contribution >= 4 is 10.8 Å². The third-order valence-electron chi connectivity index (χ3n) is 13.1. The summed E-state index contributed by atoms with van der Waals surface area (Å²) in [5, 5.41) is 2.26. The van der Waals surface area contributed by atoms with Gasteiger partial charge in [-0.25, -0.2) is 15.0 Å². The second-order valence-corrected chi connectivity index (χ2v) is 18.8. The lowest BCUT2D eigenvalue weighted by Crippen LogP contribution is -2.27. The fourth-order valence-electron chi connectivity index (χ4n) is 10.1. The Morgan fingerprint density at radius 2 is 0.770 bits per heavy atom. The number of hydrogen-bond donors (Lipinski definition) is 0. The standard InChI is InChI=1S/C58H47N3/c1-56(2,3)38-30-32-43-44-33-31-39(57(4,5)6)35-51(44)58(50(43)34-38)48-28-14-13-22-47(48)52-45(26-17-29-49(52)58)41-24-15-25-42-40(41)23-16-27-46(42)55-60-53(36-18-9-7-10-19-36)59-54(61-55)37-20-11-8-12-21-37/h7-35H,1-6H3. The van der Waals surface area contributed by atoms with E-state index in [2.05, 4.69) is 181 Å². The zero-order valence-electron chi connectivity index (χ0n) is 35.6. The van der Waals surface area contributed by atoms with Crippen molar-refractivity contribution in [2.75, 3.05) is 0 Å². The van der Waals surface area contributed by atoms with Crippen molar-refractivity contribution in [2.24, 2.45) is 0 Å². The lowest BCUT2D eigenvalue weighted by atomic mass is 9.68. The average molecular weight is 786 g/mol. The Bertz CT molecular complexity index is 3080. The number of rotatable bonds is 4. The second kappa shape index (κ2) is 13.5. The van der Waals surface area contributed by atoms with Crippen molar-refractivity contribution in [2.45, 2.75) is 57.8 Å². The number of aromatic nitrogens is 3. The maximum Gasteiger partial charge on any atom is 0.164 e. The Hall–Kier alpha value is -6.97. The molecule has 3 heteroatoms. The van der Waals surface area contributed by atoms with Gasteiger partial charge in [-0.1, -0.05) is 217 Å². The van der Waals surface area contributed by atoms with Crippen LogP contribution in [0.25, 0.3) is 78.3 Å². The molecule has 0 aliphatic heterocycles. The summed E-state index contributed by atoms with van der Waals surface area (Å²) in [5.74, 6) is 1.96. The van der Waals surface area contributed by atoms with Crippen LogP contribution in [0.3, 0.4) is 0 Å². The molecular formula is C58H47N3. The molecule has 0 saturated heterocycles. The Morgan fingerprint density at radius 3 is 1.34 bits per heavy atom. The van der Waals surface area contributed by atoms with E-state index in [1.165, 1.54) is 66.8 Å². The van der Waals surface area contributed by atoms with Gasteiger partial charge in [0.1, 0.15) is 0 Å². The summed E-state index contributed by atoms with van der Waals surface area (Å²) >= 11 is 0. The normalized spacial score (nSPS) is 13.5. The van der Waals surface area contributed by atoms with Crippen molar-refractivity contribution in [1.82, 2.24) is 15.0 Å². The molecule has 3 nitrogen and oxygen atoms in total. The van der Waals surface area contributed by atoms with Gasteiger partial charge in [0.25, 0.3) is 0 Å². The predicted octanol–water partition coefficient (Wildman–Crippen LogP) is 14.6. The molecule has 0 radical (unpaired) electrons. The van der Waals surface area contributed by atoms with Crippen LogP contribution in [0.2, 0.25) is 0 Å². The van der Waals surface area contributed by atoms with Crippen molar-refractivity contribution in [3.05, 3.63) is 209 Å². The van der Waals surface area contributed by atoms with Gasteiger partial charge in [0.15, 0.2) is 17.5 Å². The molecule has 1 heterocycles. The molecule has 0 bridgehead atoms. The summed E-state index contributed by atoms with van der Waals surface area (Å²) in [6.45, 7) is 14.0. The summed E-state index contributed by atoms with van der Waals surface area (Å²) in [6.07, 6.45) is 0. The van der Waals surface area contributed by atoms with Gasteiger partial charge in [-0.15, -0.1) is 0 Å². The van der Waals surface area contributed by atoms with Crippen LogP contribution in [0.4, 0.5) is 0 Å². The summed E-state index contributed by atoms with van der Waals surface area (Å²) in [6, 6.07) is 64.4. The highest BCUT2D eigenvalue weighted by molar-refractivity contribution is 6.08. The Labute approximate surface area is 358 Å². The van der Waals surface area contributed by atoms with Crippen LogP contribution in [0.1, 0.15) is 74.9 Å². The van der Waals surface area contributed by atoms with E-state index in [9.17, 15) is 0 Å². The molecule has 0 fully saturated rings. The van der Waals surface area contributed by atoms with Gasteiger partial charge in [0.05, 0.1) is 5.41 Å². The quantitative estimate of drug-likeness (QED) is 0.178. The van der Waals surface area contributed by atoms with E-state index in [4.69, 9.17) is 15.0 Å².